The maximum absolute atomic E-state index is 11.8. The molecule has 4 nitrogen and oxygen atoms in total. The van der Waals surface area contributed by atoms with Gasteiger partial charge in [0.2, 0.25) is 0 Å². The van der Waals surface area contributed by atoms with Crippen LogP contribution in [-0.4, -0.2) is 31.8 Å². The van der Waals surface area contributed by atoms with E-state index in [0.29, 0.717) is 18.1 Å². The highest BCUT2D eigenvalue weighted by Gasteiger charge is 2.45. The van der Waals surface area contributed by atoms with Crippen LogP contribution in [0.3, 0.4) is 0 Å². The molecule has 0 atom stereocenters. The molecule has 1 spiro atoms. The van der Waals surface area contributed by atoms with Crippen molar-refractivity contribution in [2.24, 2.45) is 5.41 Å². The number of hydrogen-bond acceptors (Lipinski definition) is 3. The number of amides is 1. The summed E-state index contributed by atoms with van der Waals surface area (Å²) in [6, 6.07) is 10.4. The van der Waals surface area contributed by atoms with E-state index in [4.69, 9.17) is 4.74 Å². The van der Waals surface area contributed by atoms with E-state index in [-0.39, 0.29) is 6.09 Å². The molecule has 0 radical (unpaired) electrons. The molecule has 0 unspecified atom stereocenters. The minimum Gasteiger partial charge on any atom is -0.449 e. The molecule has 1 aliphatic carbocycles. The maximum Gasteiger partial charge on any atom is 0.407 e. The highest BCUT2D eigenvalue weighted by molar-refractivity contribution is 5.67. The molecule has 1 saturated heterocycles. The number of alkyl carbamates (subject to hydrolysis) is 1. The number of ether oxygens (including phenoxy) is 1. The fourth-order valence-electron chi connectivity index (χ4n) is 3.57. The van der Waals surface area contributed by atoms with Crippen LogP contribution in [0.4, 0.5) is 4.79 Å². The molecule has 1 aromatic rings. The summed E-state index contributed by atoms with van der Waals surface area (Å²) in [6.45, 7) is 2.68. The van der Waals surface area contributed by atoms with Gasteiger partial charge in [-0.25, -0.2) is 4.79 Å². The topological polar surface area (TPSA) is 50.4 Å². The van der Waals surface area contributed by atoms with Crippen LogP contribution >= 0.6 is 0 Å². The fourth-order valence-corrected chi connectivity index (χ4v) is 3.57. The van der Waals surface area contributed by atoms with Gasteiger partial charge in [-0.3, -0.25) is 0 Å². The van der Waals surface area contributed by atoms with Crippen LogP contribution in [0.15, 0.2) is 30.3 Å². The molecule has 1 amide bonds. The molecule has 2 fully saturated rings. The first kappa shape index (κ1) is 14.4. The van der Waals surface area contributed by atoms with Gasteiger partial charge in [0, 0.05) is 12.5 Å². The van der Waals surface area contributed by atoms with Crippen molar-refractivity contribution in [1.29, 1.82) is 0 Å². The minimum atomic E-state index is -0.264. The first-order valence-electron chi connectivity index (χ1n) is 7.94. The van der Waals surface area contributed by atoms with Crippen molar-refractivity contribution in [2.45, 2.75) is 38.1 Å². The Morgan fingerprint density at radius 3 is 2.67 bits per heavy atom. The van der Waals surface area contributed by atoms with Crippen LogP contribution in [0.2, 0.25) is 0 Å². The first-order chi connectivity index (χ1) is 10.3. The monoisotopic (exact) mass is 288 g/mol. The van der Waals surface area contributed by atoms with Crippen LogP contribution in [0.5, 0.6) is 0 Å². The summed E-state index contributed by atoms with van der Waals surface area (Å²) in [5, 5.41) is 6.39. The van der Waals surface area contributed by atoms with Crippen LogP contribution in [0.25, 0.3) is 0 Å². The Labute approximate surface area is 126 Å². The van der Waals surface area contributed by atoms with Gasteiger partial charge in [0.1, 0.15) is 0 Å². The SMILES string of the molecule is O=C(NC1CC2(CCNCC2)C1)OCCc1ccccc1. The Morgan fingerprint density at radius 2 is 1.95 bits per heavy atom. The van der Waals surface area contributed by atoms with Gasteiger partial charge in [-0.15, -0.1) is 0 Å². The minimum absolute atomic E-state index is 0.264. The van der Waals surface area contributed by atoms with Crippen LogP contribution in [0, 0.1) is 5.41 Å². The zero-order valence-electron chi connectivity index (χ0n) is 12.4. The second-order valence-electron chi connectivity index (χ2n) is 6.37. The molecule has 0 bridgehead atoms. The number of nitrogens with one attached hydrogen (secondary N) is 2. The average Bonchev–Trinajstić information content (AvgIpc) is 2.48. The summed E-state index contributed by atoms with van der Waals surface area (Å²) < 4.78 is 5.27. The van der Waals surface area contributed by atoms with E-state index in [9.17, 15) is 4.79 Å². The summed E-state index contributed by atoms with van der Waals surface area (Å²) in [6.07, 6.45) is 5.22. The molecule has 3 rings (SSSR count). The number of carbonyl (C=O) groups excluding carboxylic acids is 1. The third-order valence-electron chi connectivity index (χ3n) is 4.81. The standard InChI is InChI=1S/C17H24N2O2/c20-16(21-11-6-14-4-2-1-3-5-14)19-15-12-17(13-15)7-9-18-10-8-17/h1-5,15,18H,6-13H2,(H,19,20). The Kier molecular flexibility index (Phi) is 4.44. The zero-order chi connectivity index (χ0) is 14.5. The van der Waals surface area contributed by atoms with E-state index in [1.807, 2.05) is 30.3 Å². The lowest BCUT2D eigenvalue weighted by Crippen LogP contribution is -2.54. The van der Waals surface area contributed by atoms with Gasteiger partial charge in [0.15, 0.2) is 0 Å². The highest BCUT2D eigenvalue weighted by Crippen LogP contribution is 2.47. The molecule has 2 aliphatic rings. The van der Waals surface area contributed by atoms with E-state index in [0.717, 1.165) is 32.4 Å². The summed E-state index contributed by atoms with van der Waals surface area (Å²) in [4.78, 5) is 11.8. The normalized spacial score (nSPS) is 20.8. The van der Waals surface area contributed by atoms with Crippen molar-refractivity contribution in [3.05, 3.63) is 35.9 Å². The zero-order valence-corrected chi connectivity index (χ0v) is 12.4. The summed E-state index contributed by atoms with van der Waals surface area (Å²) in [5.74, 6) is 0. The number of hydrogen-bond donors (Lipinski definition) is 2. The van der Waals surface area contributed by atoms with Gasteiger partial charge in [-0.05, 0) is 49.8 Å². The molecule has 4 heteroatoms. The van der Waals surface area contributed by atoms with Gasteiger partial charge in [-0.1, -0.05) is 30.3 Å². The first-order valence-corrected chi connectivity index (χ1v) is 7.94. The quantitative estimate of drug-likeness (QED) is 0.895. The molecule has 0 aromatic heterocycles. The van der Waals surface area contributed by atoms with Gasteiger partial charge in [0.25, 0.3) is 0 Å². The molecule has 1 heterocycles. The Hall–Kier alpha value is -1.55. The Bertz CT molecular complexity index is 461. The summed E-state index contributed by atoms with van der Waals surface area (Å²) in [5.41, 5.74) is 1.69. The van der Waals surface area contributed by atoms with Gasteiger partial charge in [0.05, 0.1) is 6.61 Å². The Balaban J connectivity index is 1.32. The van der Waals surface area contributed by atoms with Crippen LogP contribution in [-0.2, 0) is 11.2 Å². The van der Waals surface area contributed by atoms with E-state index < -0.39 is 0 Å². The molecular weight excluding hydrogens is 264 g/mol. The van der Waals surface area contributed by atoms with E-state index in [1.165, 1.54) is 18.4 Å². The Morgan fingerprint density at radius 1 is 1.24 bits per heavy atom. The second-order valence-corrected chi connectivity index (χ2v) is 6.37. The average molecular weight is 288 g/mol. The lowest BCUT2D eigenvalue weighted by Gasteiger charge is -2.50. The number of rotatable bonds is 4. The van der Waals surface area contributed by atoms with E-state index >= 15 is 0 Å². The smallest absolute Gasteiger partial charge is 0.407 e. The van der Waals surface area contributed by atoms with Gasteiger partial charge >= 0.3 is 6.09 Å². The van der Waals surface area contributed by atoms with Crippen molar-refractivity contribution in [1.82, 2.24) is 10.6 Å². The predicted molar refractivity (Wildman–Crippen MR) is 82.2 cm³/mol. The number of benzene rings is 1. The molecular formula is C17H24N2O2. The van der Waals surface area contributed by atoms with Crippen molar-refractivity contribution in [2.75, 3.05) is 19.7 Å². The van der Waals surface area contributed by atoms with E-state index in [1.54, 1.807) is 0 Å². The molecule has 2 N–H and O–H groups in total. The fraction of sp³-hybridized carbons (Fsp3) is 0.588. The molecule has 1 saturated carbocycles. The lowest BCUT2D eigenvalue weighted by molar-refractivity contribution is 0.0423. The second kappa shape index (κ2) is 6.48. The third kappa shape index (κ3) is 3.76. The summed E-state index contributed by atoms with van der Waals surface area (Å²) in [7, 11) is 0. The maximum atomic E-state index is 11.8. The summed E-state index contributed by atoms with van der Waals surface area (Å²) >= 11 is 0. The lowest BCUT2D eigenvalue weighted by atomic mass is 9.61. The highest BCUT2D eigenvalue weighted by atomic mass is 16.5. The van der Waals surface area contributed by atoms with Crippen LogP contribution in [0.1, 0.15) is 31.2 Å². The van der Waals surface area contributed by atoms with Gasteiger partial charge in [-0.2, -0.15) is 0 Å². The number of carbonyl (C=O) groups is 1. The largest absolute Gasteiger partial charge is 0.449 e. The third-order valence-corrected chi connectivity index (χ3v) is 4.81. The number of piperidine rings is 1. The van der Waals surface area contributed by atoms with E-state index in [2.05, 4.69) is 10.6 Å². The molecule has 114 valence electrons. The van der Waals surface area contributed by atoms with Crippen molar-refractivity contribution >= 4 is 6.09 Å². The predicted octanol–water partition coefficient (Wildman–Crippen LogP) is 2.49. The molecule has 1 aromatic carbocycles. The van der Waals surface area contributed by atoms with Crippen molar-refractivity contribution in [3.8, 4) is 0 Å². The molecule has 1 aliphatic heterocycles. The van der Waals surface area contributed by atoms with Crippen molar-refractivity contribution in [3.63, 3.8) is 0 Å². The molecule has 21 heavy (non-hydrogen) atoms. The van der Waals surface area contributed by atoms with Crippen molar-refractivity contribution < 1.29 is 9.53 Å². The van der Waals surface area contributed by atoms with Gasteiger partial charge < -0.3 is 15.4 Å². The van der Waals surface area contributed by atoms with Crippen LogP contribution < -0.4 is 10.6 Å².